The van der Waals surface area contributed by atoms with E-state index in [1.54, 1.807) is 0 Å². The van der Waals surface area contributed by atoms with Crippen molar-refractivity contribution in [1.82, 2.24) is 0 Å². The van der Waals surface area contributed by atoms with Crippen LogP contribution in [0, 0.1) is 92.7 Å². The molecule has 9 rings (SSSR count). The zero-order chi connectivity index (χ0) is 56.4. The van der Waals surface area contributed by atoms with E-state index in [1.807, 2.05) is 0 Å². The van der Waals surface area contributed by atoms with Crippen molar-refractivity contribution in [1.29, 1.82) is 0 Å². The molecule has 1 heterocycles. The first-order valence-electron chi connectivity index (χ1n) is 31.7. The average molecular weight is 1100 g/mol. The largest absolute Gasteiger partial charge is 0.508 e. The van der Waals surface area contributed by atoms with Gasteiger partial charge >= 0.3 is 24.2 Å². The molecule has 440 valence electrons. The normalized spacial score (nSPS) is 36.2. The molecule has 0 aromatic carbocycles. The minimum absolute atomic E-state index is 0.121. The number of hydrogen-bond donors (Lipinski definition) is 0. The van der Waals surface area contributed by atoms with Gasteiger partial charge in [0.05, 0.1) is 0 Å². The zero-order valence-electron chi connectivity index (χ0n) is 50.2. The van der Waals surface area contributed by atoms with Gasteiger partial charge in [0.15, 0.2) is 5.43 Å². The number of allylic oxidation sites excluding steroid dienone is 2. The molecule has 0 aliphatic heterocycles. The highest BCUT2D eigenvalue weighted by atomic mass is 16.7. The number of carbonyl (C=O) groups is 4. The number of ether oxygens (including phenoxy) is 6. The van der Waals surface area contributed by atoms with Crippen LogP contribution in [0.1, 0.15) is 232 Å². The monoisotopic (exact) mass is 1100 g/mol. The highest BCUT2D eigenvalue weighted by molar-refractivity contribution is 5.89. The van der Waals surface area contributed by atoms with E-state index >= 15 is 0 Å². The highest BCUT2D eigenvalue weighted by Gasteiger charge is 2.61. The summed E-state index contributed by atoms with van der Waals surface area (Å²) in [6.45, 7) is 23.4. The summed E-state index contributed by atoms with van der Waals surface area (Å²) in [5.74, 6) is 6.01. The minimum atomic E-state index is -1.02. The molecule has 12 nitrogen and oxygen atoms in total. The van der Waals surface area contributed by atoms with Crippen molar-refractivity contribution < 1.29 is 52.0 Å². The SMILES string of the molecule is CC(C)CCC[C@@H](C)[C@H]1CC[C@H]2[C@@H]3CC=C4CC(OC(=O)OCCOC(=O)c5cc(=O)cc(C(=O)OCCOC(=O)OC6CC[C@@]7(C)C(=CC[C@H]8[C@@H]9CC[C@H]([C@H](C)CCCC(C)C)[C@@]9(C)CC[C@@H]87)C6)o5)CC[C@]4(C)[C@H]3CC[C@]12C. The molecule has 0 spiro atoms. The smallest absolute Gasteiger partial charge is 0.456 e. The molecule has 6 saturated carbocycles. The molecule has 2 unspecified atom stereocenters. The number of fused-ring (bicyclic) bond motifs is 10. The Morgan fingerprint density at radius 1 is 0.519 bits per heavy atom. The van der Waals surface area contributed by atoms with Crippen molar-refractivity contribution in [3.05, 3.63) is 57.2 Å². The van der Waals surface area contributed by atoms with E-state index < -0.39 is 41.2 Å². The fraction of sp³-hybridized carbons (Fsp3) is 0.806. The summed E-state index contributed by atoms with van der Waals surface area (Å²) < 4.78 is 38.1. The summed E-state index contributed by atoms with van der Waals surface area (Å²) in [6, 6.07) is 1.81. The van der Waals surface area contributed by atoms with Crippen molar-refractivity contribution in [2.45, 2.75) is 223 Å². The third-order valence-corrected chi connectivity index (χ3v) is 23.3. The Morgan fingerprint density at radius 3 is 1.33 bits per heavy atom. The average Bonchev–Trinajstić information content (AvgIpc) is 4.19. The second kappa shape index (κ2) is 24.8. The summed E-state index contributed by atoms with van der Waals surface area (Å²) >= 11 is 0. The molecule has 79 heavy (non-hydrogen) atoms. The van der Waals surface area contributed by atoms with E-state index in [4.69, 9.17) is 32.8 Å². The van der Waals surface area contributed by atoms with Gasteiger partial charge in [0.1, 0.15) is 38.6 Å². The first kappa shape index (κ1) is 59.5. The molecule has 16 atom stereocenters. The Balaban J connectivity index is 0.662. The molecule has 6 fully saturated rings. The van der Waals surface area contributed by atoms with Gasteiger partial charge in [0.2, 0.25) is 11.5 Å². The Labute approximate surface area is 473 Å². The van der Waals surface area contributed by atoms with Gasteiger partial charge in [0.25, 0.3) is 0 Å². The Kier molecular flexibility index (Phi) is 18.7. The number of rotatable bonds is 20. The summed E-state index contributed by atoms with van der Waals surface area (Å²) in [5.41, 5.74) is 3.27. The summed E-state index contributed by atoms with van der Waals surface area (Å²) in [4.78, 5) is 64.0. The van der Waals surface area contributed by atoms with Gasteiger partial charge in [-0.15, -0.1) is 0 Å². The lowest BCUT2D eigenvalue weighted by atomic mass is 9.47. The molecule has 0 saturated heterocycles. The number of carbonyl (C=O) groups excluding carboxylic acids is 4. The molecule has 8 aliphatic carbocycles. The van der Waals surface area contributed by atoms with Crippen molar-refractivity contribution in [2.75, 3.05) is 26.4 Å². The third-order valence-electron chi connectivity index (χ3n) is 23.3. The van der Waals surface area contributed by atoms with Gasteiger partial charge in [-0.1, -0.05) is 131 Å². The Hall–Kier alpha value is -4.09. The maximum atomic E-state index is 12.9. The third kappa shape index (κ3) is 12.6. The lowest BCUT2D eigenvalue weighted by Crippen LogP contribution is -2.51. The highest BCUT2D eigenvalue weighted by Crippen LogP contribution is 2.69. The van der Waals surface area contributed by atoms with Gasteiger partial charge in [-0.2, -0.15) is 0 Å². The van der Waals surface area contributed by atoms with Crippen LogP contribution in [-0.2, 0) is 28.4 Å². The molecule has 0 radical (unpaired) electrons. The Morgan fingerprint density at radius 2 is 0.924 bits per heavy atom. The molecule has 8 aliphatic rings. The zero-order valence-corrected chi connectivity index (χ0v) is 50.2. The maximum Gasteiger partial charge on any atom is 0.508 e. The van der Waals surface area contributed by atoms with Gasteiger partial charge in [0, 0.05) is 25.0 Å². The predicted octanol–water partition coefficient (Wildman–Crippen LogP) is 16.1. The first-order valence-corrected chi connectivity index (χ1v) is 31.7. The van der Waals surface area contributed by atoms with E-state index in [9.17, 15) is 24.0 Å². The Bertz CT molecular complexity index is 2290. The van der Waals surface area contributed by atoms with Crippen LogP contribution < -0.4 is 5.43 Å². The topological polar surface area (TPSA) is 154 Å². The maximum absolute atomic E-state index is 12.9. The van der Waals surface area contributed by atoms with E-state index in [0.29, 0.717) is 35.5 Å². The lowest BCUT2D eigenvalue weighted by molar-refractivity contribution is -0.0622. The van der Waals surface area contributed by atoms with Gasteiger partial charge in [-0.05, 0) is 183 Å². The van der Waals surface area contributed by atoms with Crippen molar-refractivity contribution in [2.24, 2.45) is 92.7 Å². The van der Waals surface area contributed by atoms with Crippen LogP contribution in [-0.4, -0.2) is 62.9 Å². The number of esters is 2. The second-order valence-corrected chi connectivity index (χ2v) is 28.5. The van der Waals surface area contributed by atoms with Crippen molar-refractivity contribution in [3.8, 4) is 0 Å². The summed E-state index contributed by atoms with van der Waals surface area (Å²) in [6.07, 6.45) is 28.6. The molecule has 1 aromatic heterocycles. The molecule has 12 heteroatoms. The minimum Gasteiger partial charge on any atom is -0.456 e. The molecular weight excluding hydrogens is 997 g/mol. The standard InChI is InChI=1S/C67H100O12/c1-41(2)13-11-15-43(5)52-21-23-54-50-19-17-45-37-48(25-29-64(45,7)56(50)27-31-66(52,54)9)77-62(71)75-35-33-73-60(69)58-39-47(68)40-59(79-58)61(70)74-34-36-76-63(72)78-49-26-30-65(8)46(38-49)18-20-51-55-24-22-53(44(6)16-12-14-42(3)4)67(55,10)32-28-57(51)65/h17-18,39-44,48-57H,11-16,19-38H2,1-10H3/t43-,44-,48?,49?,50+,51+,52-,53-,54+,55+,56+,57+,64+,65+,66-,67-/m1/s1. The van der Waals surface area contributed by atoms with Gasteiger partial charge in [-0.3, -0.25) is 4.79 Å². The van der Waals surface area contributed by atoms with Crippen LogP contribution in [0.3, 0.4) is 0 Å². The summed E-state index contributed by atoms with van der Waals surface area (Å²) in [5, 5.41) is 0. The van der Waals surface area contributed by atoms with Crippen LogP contribution >= 0.6 is 0 Å². The van der Waals surface area contributed by atoms with Crippen LogP contribution in [0.5, 0.6) is 0 Å². The fourth-order valence-corrected chi connectivity index (χ4v) is 19.2. The van der Waals surface area contributed by atoms with Gasteiger partial charge < -0.3 is 32.8 Å². The predicted molar refractivity (Wildman–Crippen MR) is 304 cm³/mol. The molecule has 0 amide bonds. The summed E-state index contributed by atoms with van der Waals surface area (Å²) in [7, 11) is 0. The van der Waals surface area contributed by atoms with E-state index in [0.717, 1.165) is 110 Å². The first-order chi connectivity index (χ1) is 37.6. The quantitative estimate of drug-likeness (QED) is 0.0528. The molecule has 0 N–H and O–H groups in total. The van der Waals surface area contributed by atoms with Crippen LogP contribution in [0.4, 0.5) is 9.59 Å². The molecular formula is C67H100O12. The van der Waals surface area contributed by atoms with E-state index in [1.165, 1.54) is 101 Å². The lowest BCUT2D eigenvalue weighted by Gasteiger charge is -2.58. The van der Waals surface area contributed by atoms with Gasteiger partial charge in [-0.25, -0.2) is 19.2 Å². The van der Waals surface area contributed by atoms with Crippen LogP contribution in [0.2, 0.25) is 0 Å². The fourth-order valence-electron chi connectivity index (χ4n) is 19.2. The van der Waals surface area contributed by atoms with Crippen molar-refractivity contribution >= 4 is 24.2 Å². The van der Waals surface area contributed by atoms with Crippen LogP contribution in [0.15, 0.2) is 44.6 Å². The van der Waals surface area contributed by atoms with Crippen molar-refractivity contribution in [3.63, 3.8) is 0 Å². The van der Waals surface area contributed by atoms with E-state index in [2.05, 4.69) is 81.4 Å². The molecule has 1 aromatic rings. The number of hydrogen-bond acceptors (Lipinski definition) is 12. The molecule has 0 bridgehead atoms. The second-order valence-electron chi connectivity index (χ2n) is 28.5. The van der Waals surface area contributed by atoms with E-state index in [-0.39, 0.29) is 49.5 Å². The van der Waals surface area contributed by atoms with Crippen LogP contribution in [0.25, 0.3) is 0 Å².